The van der Waals surface area contributed by atoms with Gasteiger partial charge in [-0.15, -0.1) is 0 Å². The predicted molar refractivity (Wildman–Crippen MR) is 85.7 cm³/mol. The van der Waals surface area contributed by atoms with Crippen LogP contribution >= 0.6 is 22.6 Å². The first-order valence-corrected chi connectivity index (χ1v) is 7.17. The zero-order valence-corrected chi connectivity index (χ0v) is 13.3. The molecule has 1 aromatic heterocycles. The number of nitrogens with two attached hydrogens (primary N) is 1. The maximum atomic E-state index is 13.9. The summed E-state index contributed by atoms with van der Waals surface area (Å²) in [6.07, 6.45) is 1.66. The van der Waals surface area contributed by atoms with Gasteiger partial charge in [0.05, 0.1) is 17.6 Å². The quantitative estimate of drug-likeness (QED) is 0.766. The molecule has 0 saturated carbocycles. The van der Waals surface area contributed by atoms with Crippen molar-refractivity contribution >= 4 is 40.1 Å². The Morgan fingerprint density at radius 3 is 2.86 bits per heavy atom. The van der Waals surface area contributed by atoms with Crippen LogP contribution in [0.4, 0.5) is 20.6 Å². The van der Waals surface area contributed by atoms with Crippen molar-refractivity contribution in [1.29, 1.82) is 0 Å². The third-order valence-electron chi connectivity index (χ3n) is 2.79. The lowest BCUT2D eigenvalue weighted by Gasteiger charge is -2.17. The number of aromatic nitrogens is 1. The Balaban J connectivity index is 2.30. The highest BCUT2D eigenvalue weighted by Gasteiger charge is 2.15. The van der Waals surface area contributed by atoms with Gasteiger partial charge in [0.15, 0.2) is 0 Å². The van der Waals surface area contributed by atoms with Gasteiger partial charge >= 0.3 is 6.09 Å². The van der Waals surface area contributed by atoms with Crippen molar-refractivity contribution in [3.63, 3.8) is 0 Å². The molecule has 2 aromatic rings. The second kappa shape index (κ2) is 6.70. The molecule has 1 heterocycles. The molecule has 1 aromatic carbocycles. The number of primary amides is 1. The number of hydrogen-bond donors (Lipinski definition) is 2. The number of rotatable bonds is 4. The number of hydrogen-bond acceptors (Lipinski definition) is 4. The van der Waals surface area contributed by atoms with E-state index in [9.17, 15) is 9.18 Å². The number of amides is 1. The second-order valence-corrected chi connectivity index (χ2v) is 5.54. The first-order valence-electron chi connectivity index (χ1n) is 6.09. The van der Waals surface area contributed by atoms with E-state index in [1.165, 1.54) is 12.3 Å². The molecule has 0 aliphatic heterocycles. The largest absolute Gasteiger partial charge is 0.442 e. The van der Waals surface area contributed by atoms with Crippen molar-refractivity contribution in [2.75, 3.05) is 5.32 Å². The summed E-state index contributed by atoms with van der Waals surface area (Å²) in [4.78, 5) is 14.8. The van der Waals surface area contributed by atoms with E-state index in [4.69, 9.17) is 10.5 Å². The predicted octanol–water partition coefficient (Wildman–Crippen LogP) is 3.73. The Kier molecular flexibility index (Phi) is 4.94. The molecule has 1 unspecified atom stereocenters. The third kappa shape index (κ3) is 4.03. The summed E-state index contributed by atoms with van der Waals surface area (Å²) >= 11 is 2.03. The summed E-state index contributed by atoms with van der Waals surface area (Å²) < 4.78 is 19.6. The minimum atomic E-state index is -0.870. The molecule has 5 nitrogen and oxygen atoms in total. The van der Waals surface area contributed by atoms with Crippen LogP contribution in [-0.4, -0.2) is 11.1 Å². The van der Waals surface area contributed by atoms with Gasteiger partial charge in [0.2, 0.25) is 0 Å². The number of carbonyl (C=O) groups is 1. The molecular weight excluding hydrogens is 388 g/mol. The van der Waals surface area contributed by atoms with Gasteiger partial charge in [-0.2, -0.15) is 0 Å². The van der Waals surface area contributed by atoms with Crippen LogP contribution in [0.1, 0.15) is 18.6 Å². The minimum Gasteiger partial charge on any atom is -0.442 e. The van der Waals surface area contributed by atoms with Gasteiger partial charge in [-0.3, -0.25) is 4.98 Å². The fourth-order valence-corrected chi connectivity index (χ4v) is 2.29. The Bertz CT molecular complexity index is 666. The molecule has 0 radical (unpaired) electrons. The van der Waals surface area contributed by atoms with E-state index >= 15 is 0 Å². The highest BCUT2D eigenvalue weighted by molar-refractivity contribution is 14.1. The Morgan fingerprint density at radius 1 is 1.43 bits per heavy atom. The first kappa shape index (κ1) is 15.5. The fourth-order valence-electron chi connectivity index (χ4n) is 1.84. The molecule has 0 fully saturated rings. The van der Waals surface area contributed by atoms with E-state index in [-0.39, 0.29) is 5.82 Å². The molecule has 0 aliphatic carbocycles. The molecule has 0 bridgehead atoms. The molecule has 110 valence electrons. The summed E-state index contributed by atoms with van der Waals surface area (Å²) in [7, 11) is 0. The highest BCUT2D eigenvalue weighted by atomic mass is 127. The fraction of sp³-hybridized carbons (Fsp3) is 0.143. The summed E-state index contributed by atoms with van der Waals surface area (Å²) in [6, 6.07) is 6.52. The van der Waals surface area contributed by atoms with Crippen molar-refractivity contribution in [1.82, 2.24) is 4.98 Å². The van der Waals surface area contributed by atoms with E-state index in [1.54, 1.807) is 31.3 Å². The summed E-state index contributed by atoms with van der Waals surface area (Å²) in [5, 5.41) is 2.95. The van der Waals surface area contributed by atoms with Gasteiger partial charge in [-0.25, -0.2) is 9.18 Å². The number of anilines is 2. The number of nitrogens with one attached hydrogen (secondary N) is 1. The molecule has 0 aliphatic rings. The smallest absolute Gasteiger partial charge is 0.405 e. The van der Waals surface area contributed by atoms with Gasteiger partial charge in [0.1, 0.15) is 11.9 Å². The lowest BCUT2D eigenvalue weighted by molar-refractivity contribution is 0.117. The van der Waals surface area contributed by atoms with Crippen molar-refractivity contribution in [2.45, 2.75) is 13.0 Å². The lowest BCUT2D eigenvalue weighted by Crippen LogP contribution is -2.16. The second-order valence-electron chi connectivity index (χ2n) is 4.29. The van der Waals surface area contributed by atoms with Crippen molar-refractivity contribution < 1.29 is 13.9 Å². The van der Waals surface area contributed by atoms with E-state index in [0.717, 1.165) is 3.57 Å². The van der Waals surface area contributed by atoms with Crippen LogP contribution in [0.3, 0.4) is 0 Å². The number of halogens is 2. The Labute approximate surface area is 134 Å². The van der Waals surface area contributed by atoms with Crippen molar-refractivity contribution in [3.8, 4) is 0 Å². The molecule has 2 rings (SSSR count). The van der Waals surface area contributed by atoms with E-state index < -0.39 is 12.2 Å². The zero-order valence-electron chi connectivity index (χ0n) is 11.1. The van der Waals surface area contributed by atoms with Crippen LogP contribution in [0.2, 0.25) is 0 Å². The van der Waals surface area contributed by atoms with Gasteiger partial charge in [-0.1, -0.05) is 0 Å². The van der Waals surface area contributed by atoms with Crippen LogP contribution in [0.25, 0.3) is 0 Å². The maximum absolute atomic E-state index is 13.9. The van der Waals surface area contributed by atoms with Crippen LogP contribution < -0.4 is 11.1 Å². The normalized spacial score (nSPS) is 11.8. The molecular formula is C14H13FIN3O2. The van der Waals surface area contributed by atoms with E-state index in [2.05, 4.69) is 10.3 Å². The van der Waals surface area contributed by atoms with Gasteiger partial charge < -0.3 is 15.8 Å². The van der Waals surface area contributed by atoms with Crippen molar-refractivity contribution in [2.24, 2.45) is 5.73 Å². The van der Waals surface area contributed by atoms with Gasteiger partial charge in [-0.05, 0) is 53.8 Å². The molecule has 1 atom stereocenters. The van der Waals surface area contributed by atoms with Gasteiger partial charge in [0.25, 0.3) is 0 Å². The molecule has 0 saturated heterocycles. The Hall–Kier alpha value is -1.90. The number of ether oxygens (including phenoxy) is 1. The number of pyridine rings is 1. The molecule has 21 heavy (non-hydrogen) atoms. The number of benzene rings is 1. The lowest BCUT2D eigenvalue weighted by atomic mass is 10.1. The number of nitrogens with zero attached hydrogens (tertiary/aromatic N) is 1. The topological polar surface area (TPSA) is 77.2 Å². The molecule has 7 heteroatoms. The van der Waals surface area contributed by atoms with E-state index in [1.807, 2.05) is 22.6 Å². The molecule has 0 spiro atoms. The standard InChI is InChI=1S/C14H13FIN3O2/c1-8(21-14(17)20)10-4-5-18-7-13(10)19-12-3-2-9(16)6-11(12)15/h2-8,19H,1H3,(H2,17,20). The monoisotopic (exact) mass is 401 g/mol. The summed E-state index contributed by atoms with van der Waals surface area (Å²) in [5.74, 6) is -0.375. The van der Waals surface area contributed by atoms with E-state index in [0.29, 0.717) is 16.9 Å². The average Bonchev–Trinajstić information content (AvgIpc) is 2.41. The van der Waals surface area contributed by atoms with Crippen molar-refractivity contribution in [3.05, 3.63) is 51.6 Å². The third-order valence-corrected chi connectivity index (χ3v) is 3.46. The highest BCUT2D eigenvalue weighted by Crippen LogP contribution is 2.28. The summed E-state index contributed by atoms with van der Waals surface area (Å²) in [6.45, 7) is 1.68. The Morgan fingerprint density at radius 2 is 2.19 bits per heavy atom. The molecule has 1 amide bonds. The zero-order chi connectivity index (χ0) is 15.4. The average molecular weight is 401 g/mol. The number of carbonyl (C=O) groups excluding carboxylic acids is 1. The first-order chi connectivity index (χ1) is 9.97. The minimum absolute atomic E-state index is 0.316. The van der Waals surface area contributed by atoms with Crippen LogP contribution in [0.5, 0.6) is 0 Å². The summed E-state index contributed by atoms with van der Waals surface area (Å²) in [5.41, 5.74) is 6.53. The van der Waals surface area contributed by atoms with Crippen LogP contribution in [0.15, 0.2) is 36.7 Å². The van der Waals surface area contributed by atoms with Gasteiger partial charge in [0, 0.05) is 15.3 Å². The SMILES string of the molecule is CC(OC(N)=O)c1ccncc1Nc1ccc(I)cc1F. The van der Waals surface area contributed by atoms with Crippen LogP contribution in [-0.2, 0) is 4.74 Å². The maximum Gasteiger partial charge on any atom is 0.405 e. The van der Waals surface area contributed by atoms with Crippen LogP contribution in [0, 0.1) is 9.39 Å². The molecule has 3 N–H and O–H groups in total.